The van der Waals surface area contributed by atoms with Crippen molar-refractivity contribution in [1.29, 1.82) is 0 Å². The third-order valence-electron chi connectivity index (χ3n) is 3.86. The predicted octanol–water partition coefficient (Wildman–Crippen LogP) is 4.35. The zero-order valence-corrected chi connectivity index (χ0v) is 13.8. The fourth-order valence-corrected chi connectivity index (χ4v) is 2.51. The molecule has 0 saturated heterocycles. The molecule has 2 aromatic carbocycles. The first-order chi connectivity index (χ1) is 12.1. The van der Waals surface area contributed by atoms with Crippen LogP contribution in [0.2, 0.25) is 0 Å². The van der Waals surface area contributed by atoms with Crippen molar-refractivity contribution in [2.75, 3.05) is 14.2 Å². The number of methoxy groups -OCH3 is 2. The Kier molecular flexibility index (Phi) is 4.75. The van der Waals surface area contributed by atoms with Crippen LogP contribution in [0.1, 0.15) is 10.4 Å². The molecule has 0 spiro atoms. The molecule has 3 rings (SSSR count). The Morgan fingerprint density at radius 1 is 0.880 bits per heavy atom. The van der Waals surface area contributed by atoms with E-state index in [9.17, 15) is 9.18 Å². The van der Waals surface area contributed by atoms with Crippen molar-refractivity contribution < 1.29 is 18.7 Å². The lowest BCUT2D eigenvalue weighted by molar-refractivity contribution is 0.0601. The molecule has 5 heteroatoms. The smallest absolute Gasteiger partial charge is 0.337 e. The Balaban J connectivity index is 1.85. The molecule has 3 aromatic rings. The number of benzene rings is 2. The summed E-state index contributed by atoms with van der Waals surface area (Å²) in [6, 6.07) is 16.2. The maximum absolute atomic E-state index is 13.8. The van der Waals surface area contributed by atoms with Gasteiger partial charge in [0.2, 0.25) is 5.88 Å². The largest absolute Gasteiger partial charge is 0.479 e. The topological polar surface area (TPSA) is 48.4 Å². The molecule has 0 amide bonds. The normalized spacial score (nSPS) is 10.4. The summed E-state index contributed by atoms with van der Waals surface area (Å²) < 4.78 is 23.3. The van der Waals surface area contributed by atoms with Gasteiger partial charge in [0.15, 0.2) is 5.82 Å². The first-order valence-electron chi connectivity index (χ1n) is 7.61. The number of hydrogen-bond acceptors (Lipinski definition) is 4. The molecule has 0 aliphatic heterocycles. The number of carbonyl (C=O) groups excluding carboxylic acids is 1. The van der Waals surface area contributed by atoms with Crippen LogP contribution >= 0.6 is 0 Å². The minimum absolute atomic E-state index is 0.0222. The monoisotopic (exact) mass is 337 g/mol. The van der Waals surface area contributed by atoms with Crippen LogP contribution < -0.4 is 4.74 Å². The summed E-state index contributed by atoms with van der Waals surface area (Å²) in [5.74, 6) is -0.885. The van der Waals surface area contributed by atoms with E-state index in [0.717, 1.165) is 16.7 Å². The molecule has 0 N–H and O–H groups in total. The number of rotatable bonds is 4. The molecule has 0 bridgehead atoms. The second-order valence-corrected chi connectivity index (χ2v) is 5.36. The molecule has 0 aliphatic rings. The van der Waals surface area contributed by atoms with Gasteiger partial charge >= 0.3 is 5.97 Å². The molecule has 0 saturated carbocycles. The number of hydrogen-bond donors (Lipinski definition) is 0. The second-order valence-electron chi connectivity index (χ2n) is 5.36. The molecule has 4 nitrogen and oxygen atoms in total. The average molecular weight is 337 g/mol. The number of carbonyl (C=O) groups is 1. The Bertz CT molecular complexity index is 890. The van der Waals surface area contributed by atoms with Gasteiger partial charge in [-0.1, -0.05) is 36.4 Å². The van der Waals surface area contributed by atoms with Crippen LogP contribution in [0.4, 0.5) is 4.39 Å². The molecule has 1 aromatic heterocycles. The summed E-state index contributed by atoms with van der Waals surface area (Å²) in [6.07, 6.45) is 1.57. The molecule has 0 radical (unpaired) electrons. The summed E-state index contributed by atoms with van der Waals surface area (Å²) in [4.78, 5) is 15.4. The van der Waals surface area contributed by atoms with Gasteiger partial charge in [0, 0.05) is 11.8 Å². The van der Waals surface area contributed by atoms with E-state index in [0.29, 0.717) is 11.1 Å². The van der Waals surface area contributed by atoms with Crippen LogP contribution in [0.3, 0.4) is 0 Å². The van der Waals surface area contributed by atoms with E-state index in [1.54, 1.807) is 18.3 Å². The summed E-state index contributed by atoms with van der Waals surface area (Å²) in [6.45, 7) is 0. The maximum Gasteiger partial charge on any atom is 0.337 e. The lowest BCUT2D eigenvalue weighted by atomic mass is 10.0. The summed E-state index contributed by atoms with van der Waals surface area (Å²) in [5, 5.41) is 0. The van der Waals surface area contributed by atoms with Gasteiger partial charge in [-0.05, 0) is 34.9 Å². The molecule has 0 atom stereocenters. The predicted molar refractivity (Wildman–Crippen MR) is 93.0 cm³/mol. The van der Waals surface area contributed by atoms with Crippen molar-refractivity contribution in [3.63, 3.8) is 0 Å². The van der Waals surface area contributed by atoms with Gasteiger partial charge < -0.3 is 9.47 Å². The quantitative estimate of drug-likeness (QED) is 0.664. The van der Waals surface area contributed by atoms with E-state index >= 15 is 0 Å². The highest BCUT2D eigenvalue weighted by Gasteiger charge is 2.08. The average Bonchev–Trinajstić information content (AvgIpc) is 2.67. The fraction of sp³-hybridized carbons (Fsp3) is 0.100. The van der Waals surface area contributed by atoms with E-state index in [1.807, 2.05) is 36.4 Å². The number of ether oxygens (including phenoxy) is 2. The van der Waals surface area contributed by atoms with Gasteiger partial charge in [-0.2, -0.15) is 0 Å². The van der Waals surface area contributed by atoms with E-state index in [4.69, 9.17) is 4.74 Å². The van der Waals surface area contributed by atoms with Gasteiger partial charge in [0.1, 0.15) is 0 Å². The van der Waals surface area contributed by atoms with Gasteiger partial charge in [-0.15, -0.1) is 0 Å². The van der Waals surface area contributed by atoms with E-state index in [2.05, 4.69) is 9.72 Å². The zero-order valence-electron chi connectivity index (χ0n) is 13.8. The third kappa shape index (κ3) is 3.50. The number of nitrogens with zero attached hydrogens (tertiary/aromatic N) is 1. The van der Waals surface area contributed by atoms with Crippen molar-refractivity contribution in [2.45, 2.75) is 0 Å². The van der Waals surface area contributed by atoms with Crippen molar-refractivity contribution in [3.8, 4) is 28.1 Å². The lowest BCUT2D eigenvalue weighted by Gasteiger charge is -2.07. The SMILES string of the molecule is COC(=O)c1ccc(-c2ccc(-c3cnc(OC)c(F)c3)cc2)cc1. The molecular weight excluding hydrogens is 321 g/mol. The zero-order chi connectivity index (χ0) is 17.8. The van der Waals surface area contributed by atoms with Crippen LogP contribution in [0.5, 0.6) is 5.88 Å². The van der Waals surface area contributed by atoms with Crippen LogP contribution in [-0.4, -0.2) is 25.2 Å². The molecule has 0 unspecified atom stereocenters. The van der Waals surface area contributed by atoms with E-state index in [-0.39, 0.29) is 11.8 Å². The number of halogens is 1. The minimum Gasteiger partial charge on any atom is -0.479 e. The third-order valence-corrected chi connectivity index (χ3v) is 3.86. The molecule has 126 valence electrons. The summed E-state index contributed by atoms with van der Waals surface area (Å²) >= 11 is 0. The van der Waals surface area contributed by atoms with Gasteiger partial charge in [-0.25, -0.2) is 14.2 Å². The van der Waals surface area contributed by atoms with Crippen LogP contribution in [0.25, 0.3) is 22.3 Å². The fourth-order valence-electron chi connectivity index (χ4n) is 2.51. The van der Waals surface area contributed by atoms with Crippen molar-refractivity contribution in [1.82, 2.24) is 4.98 Å². The highest BCUT2D eigenvalue weighted by Crippen LogP contribution is 2.27. The molecular formula is C20H16FNO3. The van der Waals surface area contributed by atoms with E-state index < -0.39 is 5.82 Å². The number of pyridine rings is 1. The maximum atomic E-state index is 13.8. The molecule has 1 heterocycles. The first-order valence-corrected chi connectivity index (χ1v) is 7.61. The Labute approximate surface area is 144 Å². The van der Waals surface area contributed by atoms with Gasteiger partial charge in [0.05, 0.1) is 19.8 Å². The van der Waals surface area contributed by atoms with Crippen molar-refractivity contribution >= 4 is 5.97 Å². The number of aromatic nitrogens is 1. The van der Waals surface area contributed by atoms with Crippen LogP contribution in [0, 0.1) is 5.82 Å². The summed E-state index contributed by atoms with van der Waals surface area (Å²) in [5.41, 5.74) is 3.98. The van der Waals surface area contributed by atoms with Crippen molar-refractivity contribution in [2.24, 2.45) is 0 Å². The van der Waals surface area contributed by atoms with Gasteiger partial charge in [0.25, 0.3) is 0 Å². The lowest BCUT2D eigenvalue weighted by Crippen LogP contribution is -2.00. The van der Waals surface area contributed by atoms with E-state index in [1.165, 1.54) is 20.3 Å². The standard InChI is InChI=1S/C20H16FNO3/c1-24-19-18(21)11-17(12-22-19)15-5-3-13(4-6-15)14-7-9-16(10-8-14)20(23)25-2/h3-12H,1-2H3. The molecule has 0 aliphatic carbocycles. The highest BCUT2D eigenvalue weighted by atomic mass is 19.1. The van der Waals surface area contributed by atoms with Crippen molar-refractivity contribution in [3.05, 3.63) is 72.2 Å². The second kappa shape index (κ2) is 7.13. The van der Waals surface area contributed by atoms with Crippen LogP contribution in [-0.2, 0) is 4.74 Å². The summed E-state index contributed by atoms with van der Waals surface area (Å²) in [7, 11) is 2.73. The highest BCUT2D eigenvalue weighted by molar-refractivity contribution is 5.90. The van der Waals surface area contributed by atoms with Crippen LogP contribution in [0.15, 0.2) is 60.8 Å². The Hall–Kier alpha value is -3.21. The Morgan fingerprint density at radius 3 is 1.88 bits per heavy atom. The number of esters is 1. The molecule has 0 fully saturated rings. The minimum atomic E-state index is -0.498. The first kappa shape index (κ1) is 16.6. The Morgan fingerprint density at radius 2 is 1.40 bits per heavy atom. The van der Waals surface area contributed by atoms with Gasteiger partial charge in [-0.3, -0.25) is 0 Å². The molecule has 25 heavy (non-hydrogen) atoms.